The molecule has 0 aliphatic carbocycles. The number of nitrogens with zero attached hydrogens (tertiary/aromatic N) is 1. The molecule has 0 spiro atoms. The molecular formula is C27H60NO4S+. The van der Waals surface area contributed by atoms with E-state index in [1.54, 1.807) is 0 Å². The summed E-state index contributed by atoms with van der Waals surface area (Å²) in [4.78, 5) is 0. The Morgan fingerprint density at radius 2 is 0.667 bits per heavy atom. The number of quaternary nitrogens is 1. The van der Waals surface area contributed by atoms with E-state index >= 15 is 0 Å². The molecule has 0 rings (SSSR count). The highest BCUT2D eigenvalue weighted by atomic mass is 32.3. The number of rotatable bonds is 23. The van der Waals surface area contributed by atoms with Gasteiger partial charge in [-0.15, -0.1) is 0 Å². The van der Waals surface area contributed by atoms with Crippen molar-refractivity contribution in [3.05, 3.63) is 0 Å². The van der Waals surface area contributed by atoms with Crippen molar-refractivity contribution in [3.63, 3.8) is 0 Å². The van der Waals surface area contributed by atoms with E-state index in [9.17, 15) is 0 Å². The van der Waals surface area contributed by atoms with Crippen LogP contribution in [-0.4, -0.2) is 48.2 Å². The molecule has 0 fully saturated rings. The highest BCUT2D eigenvalue weighted by Crippen LogP contribution is 2.17. The van der Waals surface area contributed by atoms with Gasteiger partial charge in [0, 0.05) is 0 Å². The van der Waals surface area contributed by atoms with E-state index in [0.29, 0.717) is 0 Å². The van der Waals surface area contributed by atoms with Crippen LogP contribution in [0.5, 0.6) is 0 Å². The standard InChI is InChI=1S/C27H58N.H2O4S/c1-5-9-10-11-12-13-14-15-16-17-18-19-20-21-22-23-27-28(24-6-2,25-7-3)26-8-4;1-5(2,3)4/h5-27H2,1-4H3;(H2,1,2,3,4)/q+1;. The molecule has 0 bridgehead atoms. The third-order valence-electron chi connectivity index (χ3n) is 6.58. The molecule has 202 valence electrons. The molecule has 0 saturated heterocycles. The fourth-order valence-electron chi connectivity index (χ4n) is 5.09. The summed E-state index contributed by atoms with van der Waals surface area (Å²) in [6, 6.07) is 0. The lowest BCUT2D eigenvalue weighted by Crippen LogP contribution is -2.50. The summed E-state index contributed by atoms with van der Waals surface area (Å²) in [5, 5.41) is 0. The van der Waals surface area contributed by atoms with E-state index in [1.165, 1.54) is 153 Å². The molecular weight excluding hydrogens is 434 g/mol. The van der Waals surface area contributed by atoms with Gasteiger partial charge in [-0.05, 0) is 32.1 Å². The summed E-state index contributed by atoms with van der Waals surface area (Å²) in [5.41, 5.74) is 0. The van der Waals surface area contributed by atoms with E-state index in [2.05, 4.69) is 27.7 Å². The van der Waals surface area contributed by atoms with Crippen LogP contribution in [0.2, 0.25) is 0 Å². The molecule has 33 heavy (non-hydrogen) atoms. The van der Waals surface area contributed by atoms with E-state index < -0.39 is 10.4 Å². The average molecular weight is 495 g/mol. The minimum absolute atomic E-state index is 1.35. The maximum absolute atomic E-state index is 8.74. The van der Waals surface area contributed by atoms with Gasteiger partial charge < -0.3 is 4.48 Å². The summed E-state index contributed by atoms with van der Waals surface area (Å²) in [6.45, 7) is 15.1. The van der Waals surface area contributed by atoms with Crippen LogP contribution in [0.15, 0.2) is 0 Å². The third-order valence-corrected chi connectivity index (χ3v) is 6.58. The Kier molecular flexibility index (Phi) is 26.4. The van der Waals surface area contributed by atoms with Crippen LogP contribution in [-0.2, 0) is 10.4 Å². The zero-order valence-corrected chi connectivity index (χ0v) is 23.6. The molecule has 0 aromatic rings. The lowest BCUT2D eigenvalue weighted by Gasteiger charge is -2.38. The van der Waals surface area contributed by atoms with Crippen LogP contribution in [0.25, 0.3) is 0 Å². The van der Waals surface area contributed by atoms with Gasteiger partial charge in [-0.2, -0.15) is 8.42 Å². The van der Waals surface area contributed by atoms with Gasteiger partial charge in [-0.3, -0.25) is 9.11 Å². The molecule has 0 aliphatic rings. The number of hydrogen-bond donors (Lipinski definition) is 2. The van der Waals surface area contributed by atoms with Crippen LogP contribution in [0.1, 0.15) is 150 Å². The van der Waals surface area contributed by atoms with E-state index in [0.717, 1.165) is 0 Å². The molecule has 0 amide bonds. The molecule has 2 N–H and O–H groups in total. The van der Waals surface area contributed by atoms with Crippen molar-refractivity contribution in [2.24, 2.45) is 0 Å². The first-order chi connectivity index (χ1) is 15.7. The molecule has 0 aromatic carbocycles. The average Bonchev–Trinajstić information content (AvgIpc) is 2.73. The lowest BCUT2D eigenvalue weighted by molar-refractivity contribution is -0.928. The van der Waals surface area contributed by atoms with Crippen molar-refractivity contribution >= 4 is 10.4 Å². The van der Waals surface area contributed by atoms with Crippen LogP contribution >= 0.6 is 0 Å². The minimum atomic E-state index is -4.67. The first-order valence-corrected chi connectivity index (χ1v) is 15.7. The molecule has 0 aliphatic heterocycles. The van der Waals surface area contributed by atoms with Crippen molar-refractivity contribution in [3.8, 4) is 0 Å². The summed E-state index contributed by atoms with van der Waals surface area (Å²) >= 11 is 0. The van der Waals surface area contributed by atoms with Gasteiger partial charge >= 0.3 is 10.4 Å². The lowest BCUT2D eigenvalue weighted by atomic mass is 10.0. The zero-order valence-electron chi connectivity index (χ0n) is 22.8. The quantitative estimate of drug-likeness (QED) is 0.0846. The molecule has 0 saturated carbocycles. The molecule has 0 aromatic heterocycles. The predicted molar refractivity (Wildman–Crippen MR) is 144 cm³/mol. The normalized spacial score (nSPS) is 11.9. The molecule has 6 heteroatoms. The Labute approximate surface area is 208 Å². The third kappa shape index (κ3) is 29.8. The Bertz CT molecular complexity index is 457. The minimum Gasteiger partial charge on any atom is -0.324 e. The van der Waals surface area contributed by atoms with Gasteiger partial charge in [-0.1, -0.05) is 118 Å². The van der Waals surface area contributed by atoms with Crippen LogP contribution in [0, 0.1) is 0 Å². The van der Waals surface area contributed by atoms with Crippen molar-refractivity contribution < 1.29 is 22.0 Å². The van der Waals surface area contributed by atoms with Crippen LogP contribution < -0.4 is 0 Å². The van der Waals surface area contributed by atoms with Crippen LogP contribution in [0.3, 0.4) is 0 Å². The highest BCUT2D eigenvalue weighted by Gasteiger charge is 2.23. The second-order valence-corrected chi connectivity index (χ2v) is 10.9. The second-order valence-electron chi connectivity index (χ2n) is 9.99. The first-order valence-electron chi connectivity index (χ1n) is 14.3. The van der Waals surface area contributed by atoms with Gasteiger partial charge in [0.2, 0.25) is 0 Å². The van der Waals surface area contributed by atoms with Crippen molar-refractivity contribution in [1.29, 1.82) is 0 Å². The summed E-state index contributed by atoms with van der Waals surface area (Å²) in [5.74, 6) is 0. The van der Waals surface area contributed by atoms with Crippen molar-refractivity contribution in [2.75, 3.05) is 26.2 Å². The van der Waals surface area contributed by atoms with Gasteiger partial charge in [0.05, 0.1) is 26.2 Å². The smallest absolute Gasteiger partial charge is 0.324 e. The van der Waals surface area contributed by atoms with E-state index in [1.807, 2.05) is 0 Å². The van der Waals surface area contributed by atoms with E-state index in [4.69, 9.17) is 17.5 Å². The first kappa shape index (κ1) is 35.0. The van der Waals surface area contributed by atoms with Gasteiger partial charge in [-0.25, -0.2) is 0 Å². The molecule has 0 atom stereocenters. The maximum atomic E-state index is 8.74. The monoisotopic (exact) mass is 494 g/mol. The Morgan fingerprint density at radius 1 is 0.424 bits per heavy atom. The van der Waals surface area contributed by atoms with Crippen molar-refractivity contribution in [1.82, 2.24) is 0 Å². The zero-order chi connectivity index (χ0) is 25.3. The largest absolute Gasteiger partial charge is 0.394 e. The number of hydrogen-bond acceptors (Lipinski definition) is 2. The summed E-state index contributed by atoms with van der Waals surface area (Å²) in [7, 11) is -4.67. The Morgan fingerprint density at radius 3 is 0.909 bits per heavy atom. The van der Waals surface area contributed by atoms with E-state index in [-0.39, 0.29) is 0 Å². The molecule has 5 nitrogen and oxygen atoms in total. The molecule has 0 radical (unpaired) electrons. The summed E-state index contributed by atoms with van der Waals surface area (Å²) < 4.78 is 33.0. The second kappa shape index (κ2) is 24.9. The molecule has 0 heterocycles. The van der Waals surface area contributed by atoms with Crippen molar-refractivity contribution in [2.45, 2.75) is 150 Å². The van der Waals surface area contributed by atoms with Crippen LogP contribution in [0.4, 0.5) is 0 Å². The summed E-state index contributed by atoms with van der Waals surface area (Å²) in [6.07, 6.45) is 27.5. The van der Waals surface area contributed by atoms with Gasteiger partial charge in [0.1, 0.15) is 0 Å². The highest BCUT2D eigenvalue weighted by molar-refractivity contribution is 7.79. The Hall–Kier alpha value is -0.170. The topological polar surface area (TPSA) is 74.6 Å². The fourth-order valence-corrected chi connectivity index (χ4v) is 5.09. The maximum Gasteiger partial charge on any atom is 0.394 e. The predicted octanol–water partition coefficient (Wildman–Crippen LogP) is 8.64. The fraction of sp³-hybridized carbons (Fsp3) is 1.00. The number of unbranched alkanes of at least 4 members (excludes halogenated alkanes) is 15. The molecule has 0 unspecified atom stereocenters. The van der Waals surface area contributed by atoms with Gasteiger partial charge in [0.25, 0.3) is 0 Å². The Balaban J connectivity index is 0. The SMILES string of the molecule is CCCCCCCCCCCCCCCCCC[N+](CCC)(CCC)CCC.O=S(=O)(O)O. The van der Waals surface area contributed by atoms with Gasteiger partial charge in [0.15, 0.2) is 0 Å².